The summed E-state index contributed by atoms with van der Waals surface area (Å²) in [6.45, 7) is 1.67. The van der Waals surface area contributed by atoms with Crippen LogP contribution in [0.4, 0.5) is 5.13 Å². The van der Waals surface area contributed by atoms with E-state index >= 15 is 0 Å². The summed E-state index contributed by atoms with van der Waals surface area (Å²) in [6, 6.07) is 3.70. The molecule has 2 amide bonds. The molecule has 1 fully saturated rings. The summed E-state index contributed by atoms with van der Waals surface area (Å²) in [6.07, 6.45) is 0. The molecule has 2 aliphatic heterocycles. The number of phenols is 2. The molecule has 1 aromatic carbocycles. The number of carboxylic acids is 1. The number of carbonyl (C=O) groups is 4. The maximum atomic E-state index is 13.4. The van der Waals surface area contributed by atoms with Gasteiger partial charge < -0.3 is 41.8 Å². The van der Waals surface area contributed by atoms with Crippen LogP contribution in [0.25, 0.3) is 5.78 Å². The highest BCUT2D eigenvalue weighted by atomic mass is 32.2. The lowest BCUT2D eigenvalue weighted by atomic mass is 10.0. The molecule has 0 radical (unpaired) electrons. The molecule has 0 unspecified atom stereocenters. The van der Waals surface area contributed by atoms with Crippen molar-refractivity contribution in [3.8, 4) is 11.5 Å². The summed E-state index contributed by atoms with van der Waals surface area (Å²) >= 11 is 2.86. The molecule has 2 atom stereocenters. The van der Waals surface area contributed by atoms with Gasteiger partial charge >= 0.3 is 5.97 Å². The van der Waals surface area contributed by atoms with Crippen LogP contribution in [0.2, 0.25) is 0 Å². The number of anilines is 1. The van der Waals surface area contributed by atoms with Gasteiger partial charge in [-0.05, 0) is 25.1 Å². The number of benzene rings is 1. The van der Waals surface area contributed by atoms with Crippen molar-refractivity contribution < 1.29 is 47.8 Å². The largest absolute Gasteiger partial charge is 0.504 e. The zero-order chi connectivity index (χ0) is 36.8. The molecule has 0 aliphatic carbocycles. The molecule has 0 saturated carbocycles. The molecule has 20 nitrogen and oxygen atoms in total. The predicted molar refractivity (Wildman–Crippen MR) is 180 cm³/mol. The number of aliphatic carboxylic acids is 1. The van der Waals surface area contributed by atoms with Crippen molar-refractivity contribution in [2.45, 2.75) is 28.3 Å². The lowest BCUT2D eigenvalue weighted by Crippen LogP contribution is -2.67. The number of hydrogen-bond donors (Lipinski definition) is 6. The van der Waals surface area contributed by atoms with E-state index in [0.717, 1.165) is 53.1 Å². The van der Waals surface area contributed by atoms with Gasteiger partial charge in [-0.3, -0.25) is 14.4 Å². The van der Waals surface area contributed by atoms with E-state index in [1.165, 1.54) is 14.8 Å². The number of amides is 2. The lowest BCUT2D eigenvalue weighted by Gasteiger charge is -2.51. The number of nitrogens with zero attached hydrogens (tertiary/aromatic N) is 7. The third-order valence-corrected chi connectivity index (χ3v) is 11.6. The van der Waals surface area contributed by atoms with Crippen molar-refractivity contribution in [2.75, 3.05) is 24.0 Å². The first-order valence-corrected chi connectivity index (χ1v) is 18.6. The van der Waals surface area contributed by atoms with Gasteiger partial charge in [-0.15, -0.1) is 28.2 Å². The number of rotatable bonds is 12. The average molecular weight is 777 g/mol. The Labute approximate surface area is 298 Å². The molecule has 24 heteroatoms. The fourth-order valence-corrected chi connectivity index (χ4v) is 8.63. The van der Waals surface area contributed by atoms with Crippen LogP contribution in [0, 0.1) is 6.92 Å². The van der Waals surface area contributed by atoms with E-state index < -0.39 is 67.3 Å². The van der Waals surface area contributed by atoms with E-state index in [4.69, 9.17) is 16.3 Å². The standard InChI is InChI=1S/C27H24N10O10S4/c1-10-4-17(37-27(30-10)33-21(34-37)20(28)40)48-7-12-19(24(42)43)36-6-13(23(36)50-25(12)44)31-22(41)18(14-8-49-26(29)32-14)35-47-9-51(45,46)11-2-3-15(38)16(39)5-11/h2-5,8,13,23,38-39H,6-7,9H2,1H3,(H2,28,40)(H2,29,32)(H,31,41)(H,42,43)/b35-18-/t13-,23-/m1/s1. The minimum atomic E-state index is -4.21. The second-order valence-electron chi connectivity index (χ2n) is 10.7. The fraction of sp³-hybridized carbons (Fsp3) is 0.222. The van der Waals surface area contributed by atoms with Crippen LogP contribution in [0.15, 0.2) is 56.0 Å². The van der Waals surface area contributed by atoms with Gasteiger partial charge in [0.25, 0.3) is 17.6 Å². The van der Waals surface area contributed by atoms with Crippen LogP contribution in [-0.4, -0.2) is 111 Å². The normalized spacial score (nSPS) is 17.6. The Bertz CT molecular complexity index is 2310. The first-order valence-electron chi connectivity index (χ1n) is 14.2. The maximum Gasteiger partial charge on any atom is 0.352 e. The van der Waals surface area contributed by atoms with Crippen LogP contribution in [-0.2, 0) is 29.1 Å². The molecule has 0 bridgehead atoms. The maximum absolute atomic E-state index is 13.4. The van der Waals surface area contributed by atoms with Crippen LogP contribution < -0.4 is 16.8 Å². The number of primary amides is 1. The quantitative estimate of drug-likeness (QED) is 0.0353. The minimum absolute atomic E-state index is 0.00635. The van der Waals surface area contributed by atoms with Crippen molar-refractivity contribution in [3.05, 3.63) is 58.1 Å². The van der Waals surface area contributed by atoms with Crippen LogP contribution >= 0.6 is 34.9 Å². The molecule has 4 aromatic rings. The SMILES string of the molecule is Cc1cc(SCC2=C(C(=O)O)N3C[C@@H](NC(=O)/C(=N\OCS(=O)(=O)c4ccc(O)c(O)c4)c4csc(N)n4)[C@H]3SC2=O)n2nc(C(N)=O)nc2n1. The van der Waals surface area contributed by atoms with Crippen LogP contribution in [0.1, 0.15) is 22.0 Å². The number of carboxylic acid groups (broad SMARTS) is 1. The summed E-state index contributed by atoms with van der Waals surface area (Å²) in [5.41, 5.74) is 10.8. The number of fused-ring (bicyclic) bond motifs is 2. The number of thiazole rings is 1. The number of phenolic OH excluding ortho intramolecular Hbond substituents is 2. The van der Waals surface area contributed by atoms with E-state index in [0.29, 0.717) is 10.7 Å². The van der Waals surface area contributed by atoms with Crippen molar-refractivity contribution >= 4 is 84.2 Å². The van der Waals surface area contributed by atoms with E-state index in [1.54, 1.807) is 13.0 Å². The van der Waals surface area contributed by atoms with Gasteiger partial charge in [0.15, 0.2) is 22.3 Å². The Hall–Kier alpha value is -5.46. The van der Waals surface area contributed by atoms with Gasteiger partial charge in [-0.2, -0.15) is 9.50 Å². The van der Waals surface area contributed by atoms with Gasteiger partial charge in [0, 0.05) is 35.0 Å². The lowest BCUT2D eigenvalue weighted by molar-refractivity contribution is -0.136. The van der Waals surface area contributed by atoms with Crippen molar-refractivity contribution in [3.63, 3.8) is 0 Å². The predicted octanol–water partition coefficient (Wildman–Crippen LogP) is -0.335. The number of hydrogen-bond acceptors (Lipinski definition) is 19. The highest BCUT2D eigenvalue weighted by molar-refractivity contribution is 8.15. The fourth-order valence-electron chi connectivity index (χ4n) is 4.87. The van der Waals surface area contributed by atoms with E-state index in [1.807, 2.05) is 0 Å². The molecule has 51 heavy (non-hydrogen) atoms. The van der Waals surface area contributed by atoms with Crippen LogP contribution in [0.5, 0.6) is 11.5 Å². The molecule has 5 heterocycles. The van der Waals surface area contributed by atoms with Crippen molar-refractivity contribution in [1.82, 2.24) is 34.8 Å². The highest BCUT2D eigenvalue weighted by Crippen LogP contribution is 2.42. The highest BCUT2D eigenvalue weighted by Gasteiger charge is 2.50. The number of aromatic nitrogens is 5. The van der Waals surface area contributed by atoms with Gasteiger partial charge in [-0.25, -0.2) is 23.2 Å². The molecule has 0 spiro atoms. The number of thioether (sulfide) groups is 2. The van der Waals surface area contributed by atoms with Gasteiger partial charge in [0.05, 0.1) is 10.9 Å². The summed E-state index contributed by atoms with van der Waals surface area (Å²) in [7, 11) is -4.21. The molecule has 6 rings (SSSR count). The molecule has 266 valence electrons. The van der Waals surface area contributed by atoms with E-state index in [9.17, 15) is 42.9 Å². The smallest absolute Gasteiger partial charge is 0.352 e. The number of oxime groups is 1. The third-order valence-electron chi connectivity index (χ3n) is 7.25. The number of nitrogen functional groups attached to an aromatic ring is 1. The van der Waals surface area contributed by atoms with E-state index in [2.05, 4.69) is 30.5 Å². The summed E-state index contributed by atoms with van der Waals surface area (Å²) in [5, 5.41) is 40.2. The first-order chi connectivity index (χ1) is 24.1. The Morgan fingerprint density at radius 3 is 2.61 bits per heavy atom. The molecular formula is C27H24N10O10S4. The van der Waals surface area contributed by atoms with Gasteiger partial charge in [-0.1, -0.05) is 16.9 Å². The number of aromatic hydroxyl groups is 2. The minimum Gasteiger partial charge on any atom is -0.504 e. The number of nitrogens with two attached hydrogens (primary N) is 2. The van der Waals surface area contributed by atoms with Gasteiger partial charge in [0.1, 0.15) is 21.8 Å². The van der Waals surface area contributed by atoms with Gasteiger partial charge in [0.2, 0.25) is 26.7 Å². The molecule has 3 aromatic heterocycles. The number of nitrogens with one attached hydrogen (secondary N) is 1. The third kappa shape index (κ3) is 7.10. The zero-order valence-corrected chi connectivity index (χ0v) is 29.0. The summed E-state index contributed by atoms with van der Waals surface area (Å²) in [5.74, 6) is -5.62. The number of aryl methyl sites for hydroxylation is 1. The zero-order valence-electron chi connectivity index (χ0n) is 25.8. The molecule has 8 N–H and O–H groups in total. The Kier molecular flexibility index (Phi) is 9.49. The summed E-state index contributed by atoms with van der Waals surface area (Å²) in [4.78, 5) is 69.2. The molecule has 2 aliphatic rings. The molecule has 1 saturated heterocycles. The second-order valence-corrected chi connectivity index (χ2v) is 15.6. The Morgan fingerprint density at radius 1 is 1.18 bits per heavy atom. The first kappa shape index (κ1) is 35.4. The summed E-state index contributed by atoms with van der Waals surface area (Å²) < 4.78 is 26.7. The molecular weight excluding hydrogens is 753 g/mol. The number of sulfone groups is 1. The van der Waals surface area contributed by atoms with Crippen molar-refractivity contribution in [1.29, 1.82) is 0 Å². The second kappa shape index (κ2) is 13.7. The average Bonchev–Trinajstić information content (AvgIpc) is 3.69. The van der Waals surface area contributed by atoms with Crippen LogP contribution in [0.3, 0.4) is 0 Å². The Balaban J connectivity index is 1.18. The van der Waals surface area contributed by atoms with E-state index in [-0.39, 0.29) is 50.9 Å². The number of carbonyl (C=O) groups excluding carboxylic acids is 3. The monoisotopic (exact) mass is 776 g/mol. The Morgan fingerprint density at radius 2 is 1.94 bits per heavy atom. The van der Waals surface area contributed by atoms with Crippen molar-refractivity contribution in [2.24, 2.45) is 10.9 Å². The topological polar surface area (TPSA) is 308 Å².